The molecule has 1 aliphatic rings. The highest BCUT2D eigenvalue weighted by Gasteiger charge is 2.18. The molecule has 1 heterocycles. The molecule has 0 aromatic heterocycles. The number of benzene rings is 2. The molecule has 98 valence electrons. The molecule has 2 nitrogen and oxygen atoms in total. The van der Waals surface area contributed by atoms with Crippen LogP contribution in [0.2, 0.25) is 0 Å². The van der Waals surface area contributed by atoms with Gasteiger partial charge in [0.1, 0.15) is 0 Å². The van der Waals surface area contributed by atoms with Crippen molar-refractivity contribution in [3.05, 3.63) is 64.7 Å². The molecule has 0 amide bonds. The zero-order valence-corrected chi connectivity index (χ0v) is 11.6. The number of nitrogens with one attached hydrogen (secondary N) is 1. The van der Waals surface area contributed by atoms with Gasteiger partial charge in [0.15, 0.2) is 0 Å². The molecule has 0 radical (unpaired) electrons. The smallest absolute Gasteiger partial charge is 0.0436 e. The van der Waals surface area contributed by atoms with Gasteiger partial charge in [0.25, 0.3) is 0 Å². The summed E-state index contributed by atoms with van der Waals surface area (Å²) in [6.07, 6.45) is 0. The summed E-state index contributed by atoms with van der Waals surface area (Å²) in [6.45, 7) is 5.19. The maximum atomic E-state index is 3.21. The third-order valence-electron chi connectivity index (χ3n) is 3.90. The summed E-state index contributed by atoms with van der Waals surface area (Å²) in [5.74, 6) is 0. The molecule has 0 spiro atoms. The Balaban J connectivity index is 1.83. The fraction of sp³-hybridized carbons (Fsp3) is 0.294. The Labute approximate surface area is 115 Å². The van der Waals surface area contributed by atoms with Crippen molar-refractivity contribution in [2.24, 2.45) is 0 Å². The second-order valence-electron chi connectivity index (χ2n) is 5.27. The van der Waals surface area contributed by atoms with Crippen molar-refractivity contribution in [1.29, 1.82) is 0 Å². The fourth-order valence-electron chi connectivity index (χ4n) is 2.78. The average molecular weight is 252 g/mol. The maximum absolute atomic E-state index is 3.21. The lowest BCUT2D eigenvalue weighted by Gasteiger charge is -2.19. The van der Waals surface area contributed by atoms with E-state index in [2.05, 4.69) is 59.6 Å². The van der Waals surface area contributed by atoms with Crippen molar-refractivity contribution in [2.75, 3.05) is 11.9 Å². The molecule has 2 aromatic carbocycles. The van der Waals surface area contributed by atoms with Gasteiger partial charge in [0.2, 0.25) is 0 Å². The topological polar surface area (TPSA) is 15.3 Å². The van der Waals surface area contributed by atoms with E-state index in [1.54, 1.807) is 0 Å². The number of fused-ring (bicyclic) bond motifs is 1. The Morgan fingerprint density at radius 3 is 2.32 bits per heavy atom. The van der Waals surface area contributed by atoms with Crippen LogP contribution in [0.15, 0.2) is 42.5 Å². The second kappa shape index (κ2) is 5.06. The van der Waals surface area contributed by atoms with Gasteiger partial charge < -0.3 is 10.2 Å². The van der Waals surface area contributed by atoms with Gasteiger partial charge in [-0.1, -0.05) is 30.3 Å². The van der Waals surface area contributed by atoms with Crippen molar-refractivity contribution >= 4 is 5.69 Å². The molecule has 19 heavy (non-hydrogen) atoms. The first-order valence-electron chi connectivity index (χ1n) is 6.84. The van der Waals surface area contributed by atoms with Gasteiger partial charge in [-0.25, -0.2) is 0 Å². The Morgan fingerprint density at radius 1 is 1.05 bits per heavy atom. The highest BCUT2D eigenvalue weighted by Crippen LogP contribution is 2.29. The lowest BCUT2D eigenvalue weighted by Crippen LogP contribution is -2.15. The van der Waals surface area contributed by atoms with E-state index in [0.29, 0.717) is 0 Å². The number of aryl methyl sites for hydroxylation is 1. The van der Waals surface area contributed by atoms with Crippen LogP contribution >= 0.6 is 0 Å². The third-order valence-corrected chi connectivity index (χ3v) is 3.90. The molecular formula is C17H20N2. The first-order chi connectivity index (χ1) is 9.28. The summed E-state index contributed by atoms with van der Waals surface area (Å²) < 4.78 is 0. The highest BCUT2D eigenvalue weighted by molar-refractivity contribution is 5.54. The SMILES string of the molecule is CNCc1ccc(N2Cc3ccccc3C2)cc1C. The average Bonchev–Trinajstić information content (AvgIpc) is 2.85. The number of hydrogen-bond donors (Lipinski definition) is 1. The monoisotopic (exact) mass is 252 g/mol. The van der Waals surface area contributed by atoms with Crippen molar-refractivity contribution in [1.82, 2.24) is 5.32 Å². The van der Waals surface area contributed by atoms with E-state index in [1.165, 1.54) is 27.9 Å². The van der Waals surface area contributed by atoms with E-state index in [0.717, 1.165) is 19.6 Å². The van der Waals surface area contributed by atoms with Crippen LogP contribution in [0.5, 0.6) is 0 Å². The van der Waals surface area contributed by atoms with Crippen LogP contribution in [0, 0.1) is 6.92 Å². The molecule has 0 unspecified atom stereocenters. The summed E-state index contributed by atoms with van der Waals surface area (Å²) in [5.41, 5.74) is 6.98. The number of nitrogens with zero attached hydrogens (tertiary/aromatic N) is 1. The van der Waals surface area contributed by atoms with Crippen LogP contribution in [0.1, 0.15) is 22.3 Å². The Hall–Kier alpha value is -1.80. The van der Waals surface area contributed by atoms with Gasteiger partial charge in [-0.2, -0.15) is 0 Å². The molecule has 0 saturated carbocycles. The third kappa shape index (κ3) is 2.36. The largest absolute Gasteiger partial charge is 0.363 e. The minimum absolute atomic E-state index is 0.937. The molecule has 2 aromatic rings. The lowest BCUT2D eigenvalue weighted by atomic mass is 10.1. The summed E-state index contributed by atoms with van der Waals surface area (Å²) >= 11 is 0. The first-order valence-corrected chi connectivity index (χ1v) is 6.84. The predicted octanol–water partition coefficient (Wildman–Crippen LogP) is 3.23. The summed E-state index contributed by atoms with van der Waals surface area (Å²) in [4.78, 5) is 2.45. The zero-order valence-electron chi connectivity index (χ0n) is 11.6. The van der Waals surface area contributed by atoms with Crippen molar-refractivity contribution in [3.8, 4) is 0 Å². The minimum Gasteiger partial charge on any atom is -0.363 e. The molecule has 0 bridgehead atoms. The normalized spacial score (nSPS) is 13.7. The number of hydrogen-bond acceptors (Lipinski definition) is 2. The van der Waals surface area contributed by atoms with Crippen molar-refractivity contribution < 1.29 is 0 Å². The van der Waals surface area contributed by atoms with Gasteiger partial charge >= 0.3 is 0 Å². The Kier molecular flexibility index (Phi) is 3.26. The van der Waals surface area contributed by atoms with E-state index in [-0.39, 0.29) is 0 Å². The van der Waals surface area contributed by atoms with Crippen LogP contribution in [-0.2, 0) is 19.6 Å². The quantitative estimate of drug-likeness (QED) is 0.902. The standard InChI is InChI=1S/C17H20N2/c1-13-9-17(8-7-14(13)10-18-2)19-11-15-5-3-4-6-16(15)12-19/h3-9,18H,10-12H2,1-2H3. The summed E-state index contributed by atoms with van der Waals surface area (Å²) in [5, 5.41) is 3.21. The highest BCUT2D eigenvalue weighted by atomic mass is 15.1. The van der Waals surface area contributed by atoms with E-state index >= 15 is 0 Å². The molecular weight excluding hydrogens is 232 g/mol. The van der Waals surface area contributed by atoms with E-state index in [1.807, 2.05) is 7.05 Å². The molecule has 0 aliphatic carbocycles. The molecule has 0 atom stereocenters. The lowest BCUT2D eigenvalue weighted by molar-refractivity contribution is 0.810. The number of anilines is 1. The minimum atomic E-state index is 0.937. The number of rotatable bonds is 3. The van der Waals surface area contributed by atoms with Crippen LogP contribution < -0.4 is 10.2 Å². The van der Waals surface area contributed by atoms with Gasteiger partial charge in [0.05, 0.1) is 0 Å². The maximum Gasteiger partial charge on any atom is 0.0436 e. The molecule has 1 aliphatic heterocycles. The van der Waals surface area contributed by atoms with E-state index in [9.17, 15) is 0 Å². The Bertz CT molecular complexity index is 565. The zero-order chi connectivity index (χ0) is 13.2. The molecule has 0 saturated heterocycles. The van der Waals surface area contributed by atoms with E-state index in [4.69, 9.17) is 0 Å². The van der Waals surface area contributed by atoms with Crippen LogP contribution in [0.25, 0.3) is 0 Å². The van der Waals surface area contributed by atoms with Gasteiger partial charge in [-0.3, -0.25) is 0 Å². The van der Waals surface area contributed by atoms with E-state index < -0.39 is 0 Å². The first kappa shape index (κ1) is 12.2. The van der Waals surface area contributed by atoms with Crippen LogP contribution in [0.3, 0.4) is 0 Å². The van der Waals surface area contributed by atoms with Crippen LogP contribution in [-0.4, -0.2) is 7.05 Å². The molecule has 2 heteroatoms. The molecule has 1 N–H and O–H groups in total. The van der Waals surface area contributed by atoms with Gasteiger partial charge in [-0.05, 0) is 48.4 Å². The molecule has 3 rings (SSSR count). The second-order valence-corrected chi connectivity index (χ2v) is 5.27. The summed E-state index contributed by atoms with van der Waals surface area (Å²) in [6, 6.07) is 15.5. The van der Waals surface area contributed by atoms with Crippen molar-refractivity contribution in [2.45, 2.75) is 26.6 Å². The summed E-state index contributed by atoms with van der Waals surface area (Å²) in [7, 11) is 1.99. The molecule has 0 fully saturated rings. The van der Waals surface area contributed by atoms with Gasteiger partial charge in [-0.15, -0.1) is 0 Å². The fourth-order valence-corrected chi connectivity index (χ4v) is 2.78. The predicted molar refractivity (Wildman–Crippen MR) is 80.3 cm³/mol. The van der Waals surface area contributed by atoms with Crippen LogP contribution in [0.4, 0.5) is 5.69 Å². The van der Waals surface area contributed by atoms with Gasteiger partial charge in [0, 0.05) is 25.3 Å². The Morgan fingerprint density at radius 2 is 1.74 bits per heavy atom. The van der Waals surface area contributed by atoms with Crippen molar-refractivity contribution in [3.63, 3.8) is 0 Å².